The Hall–Kier alpha value is -1.26. The van der Waals surface area contributed by atoms with Gasteiger partial charge in [-0.1, -0.05) is 0 Å². The largest absolute Gasteiger partial charge is 0.480 e. The summed E-state index contributed by atoms with van der Waals surface area (Å²) in [6, 6.07) is -1.10. The second-order valence-electron chi connectivity index (χ2n) is 5.42. The first-order valence-corrected chi connectivity index (χ1v) is 8.19. The number of aliphatic carboxylic acids is 1. The summed E-state index contributed by atoms with van der Waals surface area (Å²) in [6.45, 7) is 3.63. The van der Waals surface area contributed by atoms with Crippen LogP contribution < -0.4 is 17.2 Å². The normalized spacial score (nSPS) is 13.6. The second-order valence-corrected chi connectivity index (χ2v) is 5.42. The fraction of sp³-hybridized carbons (Fsp3) is 0.867. The number of amides is 1. The van der Waals surface area contributed by atoms with Crippen LogP contribution in [-0.2, 0) is 23.8 Å². The number of hydrogen-bond acceptors (Lipinski definition) is 7. The molecule has 0 fully saturated rings. The van der Waals surface area contributed by atoms with Crippen LogP contribution in [0.15, 0.2) is 0 Å². The summed E-state index contributed by atoms with van der Waals surface area (Å²) in [6.07, 6.45) is 1.86. The van der Waals surface area contributed by atoms with E-state index in [-0.39, 0.29) is 6.42 Å². The van der Waals surface area contributed by atoms with Crippen molar-refractivity contribution in [1.82, 2.24) is 0 Å². The molecule has 0 bridgehead atoms. The van der Waals surface area contributed by atoms with Crippen molar-refractivity contribution < 1.29 is 28.9 Å². The van der Waals surface area contributed by atoms with E-state index >= 15 is 0 Å². The fourth-order valence-corrected chi connectivity index (χ4v) is 2.04. The highest BCUT2D eigenvalue weighted by molar-refractivity contribution is 5.77. The molecule has 0 rings (SSSR count). The predicted molar refractivity (Wildman–Crippen MR) is 88.3 cm³/mol. The minimum absolute atomic E-state index is 0.0409. The zero-order valence-electron chi connectivity index (χ0n) is 14.2. The summed E-state index contributed by atoms with van der Waals surface area (Å²) in [5, 5.41) is 8.92. The van der Waals surface area contributed by atoms with Crippen LogP contribution in [0.1, 0.15) is 25.7 Å². The number of rotatable bonds is 17. The van der Waals surface area contributed by atoms with Gasteiger partial charge in [-0.3, -0.25) is 9.59 Å². The number of carbonyl (C=O) groups excluding carboxylic acids is 1. The molecule has 0 aromatic carbocycles. The average molecular weight is 349 g/mol. The van der Waals surface area contributed by atoms with Gasteiger partial charge in [-0.15, -0.1) is 0 Å². The first-order chi connectivity index (χ1) is 11.5. The number of hydrogen-bond donors (Lipinski definition) is 4. The average Bonchev–Trinajstić information content (AvgIpc) is 2.53. The molecule has 0 saturated heterocycles. The third-order valence-corrected chi connectivity index (χ3v) is 3.36. The van der Waals surface area contributed by atoms with E-state index in [0.29, 0.717) is 59.0 Å². The summed E-state index contributed by atoms with van der Waals surface area (Å²) in [5.74, 6) is -2.17. The van der Waals surface area contributed by atoms with Crippen LogP contribution in [0.5, 0.6) is 0 Å². The van der Waals surface area contributed by atoms with Gasteiger partial charge in [0, 0.05) is 19.6 Å². The first-order valence-electron chi connectivity index (χ1n) is 8.19. The lowest BCUT2D eigenvalue weighted by atomic mass is 9.91. The molecular weight excluding hydrogens is 318 g/mol. The Kier molecular flexibility index (Phi) is 14.5. The van der Waals surface area contributed by atoms with Gasteiger partial charge in [0.1, 0.15) is 6.04 Å². The topological polar surface area (TPSA) is 160 Å². The van der Waals surface area contributed by atoms with Crippen LogP contribution >= 0.6 is 0 Å². The SMILES string of the molecule is NCCCOCCOCCOCCCC(CC(N)=O)[C@H](N)C(=O)O. The number of carbonyl (C=O) groups is 2. The maximum absolute atomic E-state index is 11.0. The van der Waals surface area contributed by atoms with E-state index < -0.39 is 23.8 Å². The van der Waals surface area contributed by atoms with Gasteiger partial charge in [0.15, 0.2) is 0 Å². The van der Waals surface area contributed by atoms with Crippen molar-refractivity contribution in [2.75, 3.05) is 46.2 Å². The highest BCUT2D eigenvalue weighted by Gasteiger charge is 2.25. The van der Waals surface area contributed by atoms with Crippen molar-refractivity contribution >= 4 is 11.9 Å². The Bertz CT molecular complexity index is 343. The third kappa shape index (κ3) is 13.2. The molecule has 1 amide bonds. The maximum atomic E-state index is 11.0. The summed E-state index contributed by atoms with van der Waals surface area (Å²) in [7, 11) is 0. The predicted octanol–water partition coefficient (Wildman–Crippen LogP) is -0.931. The molecule has 0 aliphatic heterocycles. The van der Waals surface area contributed by atoms with Crippen LogP contribution in [0.2, 0.25) is 0 Å². The van der Waals surface area contributed by atoms with E-state index in [9.17, 15) is 9.59 Å². The van der Waals surface area contributed by atoms with Crippen molar-refractivity contribution in [2.24, 2.45) is 23.1 Å². The van der Waals surface area contributed by atoms with E-state index in [1.807, 2.05) is 0 Å². The second kappa shape index (κ2) is 15.3. The van der Waals surface area contributed by atoms with Crippen molar-refractivity contribution in [3.05, 3.63) is 0 Å². The molecule has 9 heteroatoms. The summed E-state index contributed by atoms with van der Waals surface area (Å²) < 4.78 is 16.0. The van der Waals surface area contributed by atoms with Gasteiger partial charge >= 0.3 is 5.97 Å². The number of primary amides is 1. The number of nitrogens with two attached hydrogens (primary N) is 3. The molecule has 0 aromatic heterocycles. The lowest BCUT2D eigenvalue weighted by Crippen LogP contribution is -2.40. The molecule has 1 unspecified atom stereocenters. The Morgan fingerprint density at radius 2 is 1.42 bits per heavy atom. The van der Waals surface area contributed by atoms with Gasteiger partial charge in [-0.05, 0) is 31.7 Å². The number of carboxylic acids is 1. The van der Waals surface area contributed by atoms with Gasteiger partial charge in [-0.2, -0.15) is 0 Å². The molecule has 0 aliphatic carbocycles. The van der Waals surface area contributed by atoms with E-state index in [1.165, 1.54) is 0 Å². The van der Waals surface area contributed by atoms with E-state index in [0.717, 1.165) is 6.42 Å². The van der Waals surface area contributed by atoms with Crippen LogP contribution in [0.3, 0.4) is 0 Å². The van der Waals surface area contributed by atoms with Crippen molar-refractivity contribution in [3.8, 4) is 0 Å². The van der Waals surface area contributed by atoms with Crippen molar-refractivity contribution in [2.45, 2.75) is 31.7 Å². The Labute approximate surface area is 142 Å². The first kappa shape index (κ1) is 22.7. The van der Waals surface area contributed by atoms with Gasteiger partial charge in [0.05, 0.1) is 26.4 Å². The standard InChI is InChI=1S/C15H31N3O6/c16-4-2-6-23-8-10-24-9-7-22-5-1-3-12(11-13(17)19)14(18)15(20)21/h12,14H,1-11,16,18H2,(H2,17,19)(H,20,21)/t12?,14-/m0/s1. The third-order valence-electron chi connectivity index (χ3n) is 3.36. The highest BCUT2D eigenvalue weighted by atomic mass is 16.5. The maximum Gasteiger partial charge on any atom is 0.320 e. The molecule has 0 aliphatic rings. The molecular formula is C15H31N3O6. The Morgan fingerprint density at radius 3 is 1.88 bits per heavy atom. The molecule has 2 atom stereocenters. The van der Waals surface area contributed by atoms with Gasteiger partial charge in [-0.25, -0.2) is 0 Å². The molecule has 24 heavy (non-hydrogen) atoms. The lowest BCUT2D eigenvalue weighted by Gasteiger charge is -2.19. The van der Waals surface area contributed by atoms with Crippen molar-refractivity contribution in [1.29, 1.82) is 0 Å². The molecule has 9 nitrogen and oxygen atoms in total. The molecule has 142 valence electrons. The van der Waals surface area contributed by atoms with Crippen LogP contribution in [-0.4, -0.2) is 69.2 Å². The zero-order valence-corrected chi connectivity index (χ0v) is 14.2. The summed E-state index contributed by atoms with van der Waals surface area (Å²) in [5.41, 5.74) is 16.0. The molecule has 0 heterocycles. The minimum atomic E-state index is -1.13. The van der Waals surface area contributed by atoms with Gasteiger partial charge in [0.25, 0.3) is 0 Å². The van der Waals surface area contributed by atoms with Gasteiger partial charge in [0.2, 0.25) is 5.91 Å². The fourth-order valence-electron chi connectivity index (χ4n) is 2.04. The Morgan fingerprint density at radius 1 is 0.917 bits per heavy atom. The molecule has 7 N–H and O–H groups in total. The number of ether oxygens (including phenoxy) is 3. The van der Waals surface area contributed by atoms with Crippen LogP contribution in [0.4, 0.5) is 0 Å². The van der Waals surface area contributed by atoms with Crippen molar-refractivity contribution in [3.63, 3.8) is 0 Å². The monoisotopic (exact) mass is 349 g/mol. The Balaban J connectivity index is 3.58. The molecule has 0 saturated carbocycles. The van der Waals surface area contributed by atoms with Crippen LogP contribution in [0.25, 0.3) is 0 Å². The molecule has 0 radical (unpaired) electrons. The van der Waals surface area contributed by atoms with E-state index in [2.05, 4.69) is 0 Å². The van der Waals surface area contributed by atoms with E-state index in [4.69, 9.17) is 36.5 Å². The summed E-state index contributed by atoms with van der Waals surface area (Å²) in [4.78, 5) is 21.9. The van der Waals surface area contributed by atoms with Crippen LogP contribution in [0, 0.1) is 5.92 Å². The number of carboxylic acid groups (broad SMARTS) is 1. The van der Waals surface area contributed by atoms with E-state index in [1.54, 1.807) is 0 Å². The zero-order chi connectivity index (χ0) is 18.2. The smallest absolute Gasteiger partial charge is 0.320 e. The van der Waals surface area contributed by atoms with Gasteiger partial charge < -0.3 is 36.5 Å². The minimum Gasteiger partial charge on any atom is -0.480 e. The molecule has 0 aromatic rings. The molecule has 0 spiro atoms. The quantitative estimate of drug-likeness (QED) is 0.245. The lowest BCUT2D eigenvalue weighted by molar-refractivity contribution is -0.140. The highest BCUT2D eigenvalue weighted by Crippen LogP contribution is 2.15. The summed E-state index contributed by atoms with van der Waals surface area (Å²) >= 11 is 0.